The van der Waals surface area contributed by atoms with Crippen LogP contribution in [0.1, 0.15) is 67.6 Å². The van der Waals surface area contributed by atoms with Crippen LogP contribution in [0, 0.1) is 5.92 Å². The molecule has 1 atom stereocenters. The molecule has 0 radical (unpaired) electrons. The van der Waals surface area contributed by atoms with E-state index in [1.165, 1.54) is 12.8 Å². The van der Waals surface area contributed by atoms with Gasteiger partial charge in [-0.05, 0) is 37.2 Å². The molecular weight excluding hydrogens is 326 g/mol. The van der Waals surface area contributed by atoms with E-state index >= 15 is 0 Å². The smallest absolute Gasteiger partial charge is 0.230 e. The average Bonchev–Trinajstić information content (AvgIpc) is 3.18. The van der Waals surface area contributed by atoms with Gasteiger partial charge in [0.05, 0.1) is 5.92 Å². The fraction of sp³-hybridized carbons (Fsp3) is 0.571. The van der Waals surface area contributed by atoms with Crippen LogP contribution in [-0.2, 0) is 11.2 Å². The van der Waals surface area contributed by atoms with E-state index in [4.69, 9.17) is 4.52 Å². The van der Waals surface area contributed by atoms with Crippen LogP contribution in [0.2, 0.25) is 0 Å². The predicted molar refractivity (Wildman–Crippen MR) is 98.8 cm³/mol. The second-order valence-electron chi connectivity index (χ2n) is 7.77. The van der Waals surface area contributed by atoms with Crippen LogP contribution in [0.25, 0.3) is 0 Å². The van der Waals surface area contributed by atoms with Gasteiger partial charge in [0.25, 0.3) is 0 Å². The summed E-state index contributed by atoms with van der Waals surface area (Å²) in [5.41, 5.74) is 1.15. The molecule has 2 fully saturated rings. The van der Waals surface area contributed by atoms with Crippen LogP contribution < -0.4 is 0 Å². The normalized spacial score (nSPS) is 18.8. The SMILES string of the molecule is CN(CCc1noc(C2CC2)n1)C(=O)[C@@H](c1ccccc1)C1CCCC1. The molecule has 0 aliphatic heterocycles. The Labute approximate surface area is 154 Å². The van der Waals surface area contributed by atoms with Gasteiger partial charge in [-0.15, -0.1) is 0 Å². The Morgan fingerprint density at radius 2 is 1.92 bits per heavy atom. The van der Waals surface area contributed by atoms with Crippen molar-refractivity contribution in [3.05, 3.63) is 47.6 Å². The summed E-state index contributed by atoms with van der Waals surface area (Å²) in [5, 5.41) is 4.07. The molecule has 1 amide bonds. The van der Waals surface area contributed by atoms with E-state index < -0.39 is 0 Å². The minimum atomic E-state index is -0.0315. The highest BCUT2D eigenvalue weighted by molar-refractivity contribution is 5.84. The predicted octanol–water partition coefficient (Wildman–Crippen LogP) is 3.92. The summed E-state index contributed by atoms with van der Waals surface area (Å²) < 4.78 is 5.31. The number of amides is 1. The van der Waals surface area contributed by atoms with Gasteiger partial charge in [0, 0.05) is 25.9 Å². The fourth-order valence-corrected chi connectivity index (χ4v) is 4.05. The highest BCUT2D eigenvalue weighted by Crippen LogP contribution is 2.39. The van der Waals surface area contributed by atoms with E-state index in [0.29, 0.717) is 30.6 Å². The van der Waals surface area contributed by atoms with E-state index in [1.807, 2.05) is 30.1 Å². The molecule has 1 heterocycles. The molecule has 0 saturated heterocycles. The van der Waals surface area contributed by atoms with Crippen LogP contribution in [0.3, 0.4) is 0 Å². The van der Waals surface area contributed by atoms with Crippen LogP contribution in [0.4, 0.5) is 0 Å². The van der Waals surface area contributed by atoms with Crippen LogP contribution in [-0.4, -0.2) is 34.5 Å². The van der Waals surface area contributed by atoms with E-state index in [9.17, 15) is 4.79 Å². The summed E-state index contributed by atoms with van der Waals surface area (Å²) in [7, 11) is 1.90. The van der Waals surface area contributed by atoms with Gasteiger partial charge in [0.2, 0.25) is 11.8 Å². The Kier molecular flexibility index (Phi) is 5.05. The summed E-state index contributed by atoms with van der Waals surface area (Å²) in [6, 6.07) is 10.3. The van der Waals surface area contributed by atoms with E-state index in [-0.39, 0.29) is 11.8 Å². The minimum absolute atomic E-state index is 0.0315. The second kappa shape index (κ2) is 7.60. The van der Waals surface area contributed by atoms with Crippen molar-refractivity contribution in [2.45, 2.75) is 56.8 Å². The number of carbonyl (C=O) groups is 1. The fourth-order valence-electron chi connectivity index (χ4n) is 4.05. The maximum Gasteiger partial charge on any atom is 0.230 e. The van der Waals surface area contributed by atoms with Gasteiger partial charge in [0.15, 0.2) is 5.82 Å². The van der Waals surface area contributed by atoms with Gasteiger partial charge in [0.1, 0.15) is 0 Å². The van der Waals surface area contributed by atoms with Crippen molar-refractivity contribution in [2.24, 2.45) is 5.92 Å². The average molecular weight is 353 g/mol. The first kappa shape index (κ1) is 17.3. The molecule has 0 unspecified atom stereocenters. The Bertz CT molecular complexity index is 733. The molecule has 5 heteroatoms. The largest absolute Gasteiger partial charge is 0.345 e. The van der Waals surface area contributed by atoms with Crippen LogP contribution in [0.5, 0.6) is 0 Å². The molecule has 0 spiro atoms. The van der Waals surface area contributed by atoms with Crippen LogP contribution >= 0.6 is 0 Å². The summed E-state index contributed by atoms with van der Waals surface area (Å²) in [6.45, 7) is 0.624. The van der Waals surface area contributed by atoms with Crippen LogP contribution in [0.15, 0.2) is 34.9 Å². The lowest BCUT2D eigenvalue weighted by atomic mass is 9.84. The first-order valence-electron chi connectivity index (χ1n) is 9.85. The molecular formula is C21H27N3O2. The monoisotopic (exact) mass is 353 g/mol. The molecule has 1 aromatic heterocycles. The zero-order chi connectivity index (χ0) is 17.9. The van der Waals surface area contributed by atoms with Gasteiger partial charge in [-0.2, -0.15) is 4.98 Å². The first-order valence-corrected chi connectivity index (χ1v) is 9.85. The third-order valence-electron chi connectivity index (χ3n) is 5.75. The van der Waals surface area contributed by atoms with Gasteiger partial charge >= 0.3 is 0 Å². The highest BCUT2D eigenvalue weighted by Gasteiger charge is 2.34. The highest BCUT2D eigenvalue weighted by atomic mass is 16.5. The third-order valence-corrected chi connectivity index (χ3v) is 5.75. The van der Waals surface area contributed by atoms with E-state index in [1.54, 1.807) is 0 Å². The van der Waals surface area contributed by atoms with Crippen molar-refractivity contribution in [1.29, 1.82) is 0 Å². The molecule has 2 saturated carbocycles. The van der Waals surface area contributed by atoms with E-state index in [2.05, 4.69) is 22.3 Å². The Balaban J connectivity index is 1.42. The lowest BCUT2D eigenvalue weighted by molar-refractivity contribution is -0.132. The van der Waals surface area contributed by atoms with E-state index in [0.717, 1.165) is 37.1 Å². The van der Waals surface area contributed by atoms with Crippen molar-refractivity contribution >= 4 is 5.91 Å². The molecule has 2 aliphatic rings. The van der Waals surface area contributed by atoms with Gasteiger partial charge in [-0.25, -0.2) is 0 Å². The summed E-state index contributed by atoms with van der Waals surface area (Å²) >= 11 is 0. The molecule has 138 valence electrons. The standard InChI is InChI=1S/C21H27N3O2/c1-24(14-13-18-22-20(26-23-18)17-11-12-17)21(25)19(16-9-5-6-10-16)15-7-3-2-4-8-15/h2-4,7-8,16-17,19H,5-6,9-14H2,1H3/t19-/m0/s1. The number of likely N-dealkylation sites (N-methyl/N-ethyl adjacent to an activating group) is 1. The second-order valence-corrected chi connectivity index (χ2v) is 7.77. The molecule has 4 rings (SSSR count). The first-order chi connectivity index (χ1) is 12.7. The Hall–Kier alpha value is -2.17. The molecule has 26 heavy (non-hydrogen) atoms. The molecule has 5 nitrogen and oxygen atoms in total. The Morgan fingerprint density at radius 3 is 2.62 bits per heavy atom. The number of nitrogens with zero attached hydrogens (tertiary/aromatic N) is 3. The van der Waals surface area contributed by atoms with Gasteiger partial charge in [-0.1, -0.05) is 48.3 Å². The number of hydrogen-bond acceptors (Lipinski definition) is 4. The maximum absolute atomic E-state index is 13.2. The molecule has 1 aromatic carbocycles. The summed E-state index contributed by atoms with van der Waals surface area (Å²) in [6.07, 6.45) is 7.71. The lowest BCUT2D eigenvalue weighted by Crippen LogP contribution is -2.36. The molecule has 2 aromatic rings. The van der Waals surface area contributed by atoms with Crippen molar-refractivity contribution < 1.29 is 9.32 Å². The maximum atomic E-state index is 13.2. The zero-order valence-corrected chi connectivity index (χ0v) is 15.4. The zero-order valence-electron chi connectivity index (χ0n) is 15.4. The molecule has 2 aliphatic carbocycles. The van der Waals surface area contributed by atoms with Crippen molar-refractivity contribution in [3.63, 3.8) is 0 Å². The third kappa shape index (κ3) is 3.81. The number of hydrogen-bond donors (Lipinski definition) is 0. The van der Waals surface area contributed by atoms with Gasteiger partial charge < -0.3 is 9.42 Å². The van der Waals surface area contributed by atoms with Crippen molar-refractivity contribution in [2.75, 3.05) is 13.6 Å². The number of carbonyl (C=O) groups excluding carboxylic acids is 1. The van der Waals surface area contributed by atoms with Crippen molar-refractivity contribution in [1.82, 2.24) is 15.0 Å². The number of aromatic nitrogens is 2. The summed E-state index contributed by atoms with van der Waals surface area (Å²) in [4.78, 5) is 19.6. The quantitative estimate of drug-likeness (QED) is 0.757. The Morgan fingerprint density at radius 1 is 1.19 bits per heavy atom. The number of benzene rings is 1. The lowest BCUT2D eigenvalue weighted by Gasteiger charge is -2.28. The molecule has 0 bridgehead atoms. The minimum Gasteiger partial charge on any atom is -0.345 e. The van der Waals surface area contributed by atoms with Crippen molar-refractivity contribution in [3.8, 4) is 0 Å². The number of rotatable bonds is 7. The topological polar surface area (TPSA) is 59.2 Å². The molecule has 0 N–H and O–H groups in total. The summed E-state index contributed by atoms with van der Waals surface area (Å²) in [5.74, 6) is 2.59. The van der Waals surface area contributed by atoms with Gasteiger partial charge in [-0.3, -0.25) is 4.79 Å².